The lowest BCUT2D eigenvalue weighted by Crippen LogP contribution is -2.36. The van der Waals surface area contributed by atoms with Crippen LogP contribution in [-0.2, 0) is 6.42 Å². The second-order valence-electron chi connectivity index (χ2n) is 3.51. The molecule has 3 heteroatoms. The average Bonchev–Trinajstić information content (AvgIpc) is 2.08. The monoisotopic (exact) mass is 241 g/mol. The van der Waals surface area contributed by atoms with Gasteiger partial charge in [0.05, 0.1) is 6.10 Å². The highest BCUT2D eigenvalue weighted by Gasteiger charge is 2.22. The summed E-state index contributed by atoms with van der Waals surface area (Å²) in [4.78, 5) is 0. The van der Waals surface area contributed by atoms with Crippen molar-refractivity contribution in [3.8, 4) is 0 Å². The largest absolute Gasteiger partial charge is 0.391 e. The van der Waals surface area contributed by atoms with Crippen LogP contribution >= 0.6 is 15.9 Å². The summed E-state index contributed by atoms with van der Waals surface area (Å²) in [5.41, 5.74) is 2.32. The molecular weight excluding hydrogens is 230 g/mol. The van der Waals surface area contributed by atoms with Gasteiger partial charge in [-0.2, -0.15) is 0 Å². The van der Waals surface area contributed by atoms with Gasteiger partial charge in [-0.15, -0.1) is 0 Å². The van der Waals surface area contributed by atoms with Crippen LogP contribution in [0.1, 0.15) is 12.5 Å². The molecule has 0 spiro atoms. The van der Waals surface area contributed by atoms with Gasteiger partial charge < -0.3 is 10.4 Å². The normalized spacial score (nSPS) is 26.4. The van der Waals surface area contributed by atoms with E-state index in [9.17, 15) is 5.11 Å². The number of nitrogens with one attached hydrogen (secondary N) is 1. The maximum Gasteiger partial charge on any atom is 0.0779 e. The fourth-order valence-electron chi connectivity index (χ4n) is 1.60. The van der Waals surface area contributed by atoms with Crippen molar-refractivity contribution in [2.45, 2.75) is 25.5 Å². The molecule has 2 nitrogen and oxygen atoms in total. The van der Waals surface area contributed by atoms with Gasteiger partial charge >= 0.3 is 0 Å². The second kappa shape index (κ2) is 3.31. The molecule has 0 saturated carbocycles. The molecule has 0 aliphatic carbocycles. The van der Waals surface area contributed by atoms with Crippen LogP contribution in [-0.4, -0.2) is 17.3 Å². The van der Waals surface area contributed by atoms with Crippen LogP contribution < -0.4 is 5.32 Å². The molecule has 2 atom stereocenters. The Kier molecular flexibility index (Phi) is 2.30. The molecule has 0 radical (unpaired) electrons. The van der Waals surface area contributed by atoms with Crippen LogP contribution in [0.2, 0.25) is 0 Å². The minimum absolute atomic E-state index is 0.141. The fraction of sp³-hybridized carbons (Fsp3) is 0.400. The number of rotatable bonds is 0. The van der Waals surface area contributed by atoms with Crippen molar-refractivity contribution in [1.29, 1.82) is 0 Å². The van der Waals surface area contributed by atoms with Crippen LogP contribution in [0.3, 0.4) is 0 Å². The fourth-order valence-corrected chi connectivity index (χ4v) is 1.97. The number of halogens is 1. The van der Waals surface area contributed by atoms with E-state index in [4.69, 9.17) is 0 Å². The predicted octanol–water partition coefficient (Wildman–Crippen LogP) is 2.17. The van der Waals surface area contributed by atoms with Crippen molar-refractivity contribution < 1.29 is 5.11 Å². The molecule has 1 aliphatic heterocycles. The quantitative estimate of drug-likeness (QED) is 0.730. The van der Waals surface area contributed by atoms with Gasteiger partial charge in [0.15, 0.2) is 0 Å². The van der Waals surface area contributed by atoms with Gasteiger partial charge in [-0.1, -0.05) is 22.0 Å². The molecule has 0 fully saturated rings. The molecule has 1 aromatic rings. The smallest absolute Gasteiger partial charge is 0.0779 e. The summed E-state index contributed by atoms with van der Waals surface area (Å²) >= 11 is 3.42. The molecule has 0 aromatic heterocycles. The minimum Gasteiger partial charge on any atom is -0.391 e. The highest BCUT2D eigenvalue weighted by molar-refractivity contribution is 9.10. The van der Waals surface area contributed by atoms with Crippen LogP contribution in [0.4, 0.5) is 5.69 Å². The Morgan fingerprint density at radius 1 is 1.54 bits per heavy atom. The molecule has 1 heterocycles. The van der Waals surface area contributed by atoms with Gasteiger partial charge in [0, 0.05) is 22.6 Å². The Morgan fingerprint density at radius 2 is 2.31 bits per heavy atom. The van der Waals surface area contributed by atoms with Crippen molar-refractivity contribution in [2.24, 2.45) is 0 Å². The molecule has 0 amide bonds. The maximum absolute atomic E-state index is 9.62. The Morgan fingerprint density at radius 3 is 3.08 bits per heavy atom. The predicted molar refractivity (Wildman–Crippen MR) is 56.9 cm³/mol. The molecule has 13 heavy (non-hydrogen) atoms. The van der Waals surface area contributed by atoms with Crippen LogP contribution in [0.5, 0.6) is 0 Å². The van der Waals surface area contributed by atoms with Gasteiger partial charge in [0.2, 0.25) is 0 Å². The summed E-state index contributed by atoms with van der Waals surface area (Å²) in [7, 11) is 0. The van der Waals surface area contributed by atoms with E-state index < -0.39 is 0 Å². The Hall–Kier alpha value is -0.540. The number of anilines is 1. The lowest BCUT2D eigenvalue weighted by Gasteiger charge is -2.29. The molecule has 2 N–H and O–H groups in total. The maximum atomic E-state index is 9.62. The SMILES string of the molecule is C[C@H]1Nc2cc(Br)ccc2C[C@@H]1O. The summed E-state index contributed by atoms with van der Waals surface area (Å²) in [6.45, 7) is 1.99. The number of benzene rings is 1. The van der Waals surface area contributed by atoms with E-state index in [0.717, 1.165) is 16.6 Å². The first kappa shape index (κ1) is 9.03. The summed E-state index contributed by atoms with van der Waals surface area (Å²) in [5, 5.41) is 12.9. The van der Waals surface area contributed by atoms with E-state index in [1.165, 1.54) is 5.56 Å². The van der Waals surface area contributed by atoms with Crippen LogP contribution in [0.15, 0.2) is 22.7 Å². The summed E-state index contributed by atoms with van der Waals surface area (Å²) < 4.78 is 1.07. The van der Waals surface area contributed by atoms with E-state index in [1.54, 1.807) is 0 Å². The average molecular weight is 242 g/mol. The third-order valence-corrected chi connectivity index (χ3v) is 2.95. The molecule has 0 unspecified atom stereocenters. The van der Waals surface area contributed by atoms with Crippen molar-refractivity contribution in [1.82, 2.24) is 0 Å². The van der Waals surface area contributed by atoms with E-state index in [-0.39, 0.29) is 12.1 Å². The number of hydrogen-bond donors (Lipinski definition) is 2. The molecule has 1 aromatic carbocycles. The molecule has 1 aliphatic rings. The van der Waals surface area contributed by atoms with Gasteiger partial charge in [-0.3, -0.25) is 0 Å². The van der Waals surface area contributed by atoms with Crippen LogP contribution in [0.25, 0.3) is 0 Å². The van der Waals surface area contributed by atoms with Crippen LogP contribution in [0, 0.1) is 0 Å². The molecule has 0 bridgehead atoms. The summed E-state index contributed by atoms with van der Waals surface area (Å²) in [6, 6.07) is 6.24. The van der Waals surface area contributed by atoms with E-state index >= 15 is 0 Å². The molecule has 0 saturated heterocycles. The minimum atomic E-state index is -0.270. The van der Waals surface area contributed by atoms with Gasteiger partial charge in [0.1, 0.15) is 0 Å². The zero-order valence-electron chi connectivity index (χ0n) is 7.42. The third kappa shape index (κ3) is 1.71. The van der Waals surface area contributed by atoms with Crippen molar-refractivity contribution in [2.75, 3.05) is 5.32 Å². The van der Waals surface area contributed by atoms with Crippen molar-refractivity contribution in [3.63, 3.8) is 0 Å². The Bertz CT molecular complexity index is 327. The lowest BCUT2D eigenvalue weighted by molar-refractivity contribution is 0.154. The van der Waals surface area contributed by atoms with Gasteiger partial charge in [-0.05, 0) is 24.6 Å². The lowest BCUT2D eigenvalue weighted by atomic mass is 9.96. The Labute approximate surface area is 86.1 Å². The number of aliphatic hydroxyl groups excluding tert-OH is 1. The Balaban J connectivity index is 2.37. The number of aliphatic hydroxyl groups is 1. The zero-order valence-corrected chi connectivity index (χ0v) is 9.01. The first-order valence-electron chi connectivity index (χ1n) is 4.40. The topological polar surface area (TPSA) is 32.3 Å². The first-order valence-corrected chi connectivity index (χ1v) is 5.19. The third-order valence-electron chi connectivity index (χ3n) is 2.46. The highest BCUT2D eigenvalue weighted by atomic mass is 79.9. The highest BCUT2D eigenvalue weighted by Crippen LogP contribution is 2.27. The number of hydrogen-bond acceptors (Lipinski definition) is 2. The van der Waals surface area contributed by atoms with E-state index in [2.05, 4.69) is 27.3 Å². The summed E-state index contributed by atoms with van der Waals surface area (Å²) in [6.07, 6.45) is 0.477. The summed E-state index contributed by atoms with van der Waals surface area (Å²) in [5.74, 6) is 0. The standard InChI is InChI=1S/C10H12BrNO/c1-6-10(13)4-7-2-3-8(11)5-9(7)12-6/h2-3,5-6,10,12-13H,4H2,1H3/t6-,10+/m1/s1. The molecule has 70 valence electrons. The van der Waals surface area contributed by atoms with Gasteiger partial charge in [0.25, 0.3) is 0 Å². The second-order valence-corrected chi connectivity index (χ2v) is 4.42. The van der Waals surface area contributed by atoms with Crippen molar-refractivity contribution in [3.05, 3.63) is 28.2 Å². The number of fused-ring (bicyclic) bond motifs is 1. The first-order chi connectivity index (χ1) is 6.16. The molecular formula is C10H12BrNO. The van der Waals surface area contributed by atoms with Crippen molar-refractivity contribution >= 4 is 21.6 Å². The zero-order chi connectivity index (χ0) is 9.42. The van der Waals surface area contributed by atoms with Gasteiger partial charge in [-0.25, -0.2) is 0 Å². The van der Waals surface area contributed by atoms with E-state index in [1.807, 2.05) is 19.1 Å². The molecule has 2 rings (SSSR count). The van der Waals surface area contributed by atoms with E-state index in [0.29, 0.717) is 0 Å².